The van der Waals surface area contributed by atoms with Crippen LogP contribution in [0.15, 0.2) is 6.08 Å². The first-order valence-corrected chi connectivity index (χ1v) is 10.0. The molecular weight excluding hydrogens is 364 g/mol. The molecular formula is C20H31ClN4O2. The summed E-state index contributed by atoms with van der Waals surface area (Å²) in [6.07, 6.45) is 5.40. The molecule has 1 aliphatic heterocycles. The summed E-state index contributed by atoms with van der Waals surface area (Å²) < 4.78 is 1.79. The van der Waals surface area contributed by atoms with Crippen molar-refractivity contribution in [2.45, 2.75) is 54.0 Å². The number of hydrogen-bond donors (Lipinski definition) is 0. The molecule has 150 valence electrons. The van der Waals surface area contributed by atoms with Crippen molar-refractivity contribution < 1.29 is 9.59 Å². The number of rotatable bonds is 5. The minimum atomic E-state index is -0.391. The summed E-state index contributed by atoms with van der Waals surface area (Å²) in [4.78, 5) is 28.5. The van der Waals surface area contributed by atoms with E-state index in [1.54, 1.807) is 21.7 Å². The molecule has 0 unspecified atom stereocenters. The average Bonchev–Trinajstić information content (AvgIpc) is 2.90. The predicted octanol–water partition coefficient (Wildman–Crippen LogP) is 3.38. The summed E-state index contributed by atoms with van der Waals surface area (Å²) in [5, 5.41) is 5.03. The molecule has 1 saturated heterocycles. The van der Waals surface area contributed by atoms with E-state index < -0.39 is 5.41 Å². The van der Waals surface area contributed by atoms with E-state index in [4.69, 9.17) is 11.6 Å². The van der Waals surface area contributed by atoms with Crippen LogP contribution in [0.4, 0.5) is 0 Å². The molecule has 1 aliphatic rings. The Kier molecular flexibility index (Phi) is 7.09. The van der Waals surface area contributed by atoms with Crippen LogP contribution < -0.4 is 0 Å². The third-order valence-electron chi connectivity index (χ3n) is 4.75. The Morgan fingerprint density at radius 2 is 1.74 bits per heavy atom. The van der Waals surface area contributed by atoms with Gasteiger partial charge in [-0.25, -0.2) is 0 Å². The number of carbonyl (C=O) groups excluding carboxylic acids is 2. The molecule has 0 saturated carbocycles. The molecule has 0 aromatic carbocycles. The number of hydrogen-bond acceptors (Lipinski definition) is 3. The average molecular weight is 395 g/mol. The van der Waals surface area contributed by atoms with E-state index in [0.29, 0.717) is 31.3 Å². The molecule has 0 N–H and O–H groups in total. The van der Waals surface area contributed by atoms with Gasteiger partial charge in [-0.05, 0) is 19.4 Å². The van der Waals surface area contributed by atoms with Crippen molar-refractivity contribution in [3.63, 3.8) is 0 Å². The van der Waals surface area contributed by atoms with Crippen molar-refractivity contribution in [3.05, 3.63) is 22.5 Å². The van der Waals surface area contributed by atoms with E-state index in [2.05, 4.69) is 12.0 Å². The van der Waals surface area contributed by atoms with Crippen LogP contribution in [0.1, 0.15) is 51.8 Å². The highest BCUT2D eigenvalue weighted by atomic mass is 35.5. The largest absolute Gasteiger partial charge is 0.339 e. The van der Waals surface area contributed by atoms with Crippen molar-refractivity contribution in [2.75, 3.05) is 26.2 Å². The van der Waals surface area contributed by atoms with Crippen LogP contribution in [-0.4, -0.2) is 57.6 Å². The maximum atomic E-state index is 12.5. The van der Waals surface area contributed by atoms with Crippen molar-refractivity contribution in [1.29, 1.82) is 0 Å². The smallest absolute Gasteiger partial charge is 0.246 e. The van der Waals surface area contributed by atoms with Gasteiger partial charge in [-0.1, -0.05) is 45.7 Å². The zero-order valence-corrected chi connectivity index (χ0v) is 17.8. The maximum absolute atomic E-state index is 12.5. The van der Waals surface area contributed by atoms with Crippen LogP contribution in [-0.2, 0) is 16.1 Å². The highest BCUT2D eigenvalue weighted by molar-refractivity contribution is 6.31. The van der Waals surface area contributed by atoms with Crippen molar-refractivity contribution in [1.82, 2.24) is 19.6 Å². The van der Waals surface area contributed by atoms with Gasteiger partial charge in [-0.2, -0.15) is 5.10 Å². The topological polar surface area (TPSA) is 58.4 Å². The molecule has 0 aliphatic carbocycles. The fourth-order valence-corrected chi connectivity index (χ4v) is 3.40. The zero-order chi connectivity index (χ0) is 20.2. The Hall–Kier alpha value is -1.82. The quantitative estimate of drug-likeness (QED) is 0.719. The van der Waals surface area contributed by atoms with E-state index in [1.165, 1.54) is 0 Å². The number of piperazine rings is 1. The third-order valence-corrected chi connectivity index (χ3v) is 5.14. The summed E-state index contributed by atoms with van der Waals surface area (Å²) in [5.41, 5.74) is 1.22. The van der Waals surface area contributed by atoms with Gasteiger partial charge in [0.05, 0.1) is 5.69 Å². The van der Waals surface area contributed by atoms with Gasteiger partial charge in [-0.15, -0.1) is 0 Å². The highest BCUT2D eigenvalue weighted by Crippen LogP contribution is 2.22. The lowest BCUT2D eigenvalue weighted by Crippen LogP contribution is -2.52. The van der Waals surface area contributed by atoms with Gasteiger partial charge in [0, 0.05) is 49.8 Å². The van der Waals surface area contributed by atoms with Crippen LogP contribution in [0.3, 0.4) is 0 Å². The van der Waals surface area contributed by atoms with Gasteiger partial charge < -0.3 is 9.80 Å². The third kappa shape index (κ3) is 5.34. The van der Waals surface area contributed by atoms with E-state index in [9.17, 15) is 9.59 Å². The summed E-state index contributed by atoms with van der Waals surface area (Å²) in [5.74, 6) is 0.0710. The van der Waals surface area contributed by atoms with Crippen LogP contribution in [0.2, 0.25) is 5.15 Å². The van der Waals surface area contributed by atoms with Gasteiger partial charge in [0.2, 0.25) is 11.8 Å². The van der Waals surface area contributed by atoms with Crippen molar-refractivity contribution in [2.24, 2.45) is 5.41 Å². The van der Waals surface area contributed by atoms with Gasteiger partial charge in [0.15, 0.2) is 0 Å². The molecule has 0 bridgehead atoms. The molecule has 6 nitrogen and oxygen atoms in total. The Morgan fingerprint density at radius 3 is 2.30 bits per heavy atom. The predicted molar refractivity (Wildman–Crippen MR) is 109 cm³/mol. The van der Waals surface area contributed by atoms with E-state index >= 15 is 0 Å². The van der Waals surface area contributed by atoms with Gasteiger partial charge in [-0.3, -0.25) is 14.3 Å². The molecule has 1 aromatic heterocycles. The first kappa shape index (κ1) is 21.5. The number of aryl methyl sites for hydroxylation is 2. The normalized spacial score (nSPS) is 15.6. The number of aromatic nitrogens is 2. The summed E-state index contributed by atoms with van der Waals surface area (Å²) in [6.45, 7) is 12.8. The minimum Gasteiger partial charge on any atom is -0.339 e. The Bertz CT molecular complexity index is 710. The maximum Gasteiger partial charge on any atom is 0.246 e. The number of halogens is 1. The molecule has 0 spiro atoms. The summed E-state index contributed by atoms with van der Waals surface area (Å²) in [6, 6.07) is 0. The number of unbranched alkanes of at least 4 members (excludes halogenated alkanes) is 1. The second-order valence-electron chi connectivity index (χ2n) is 8.07. The first-order valence-electron chi connectivity index (χ1n) is 9.64. The standard InChI is InChI=1S/C20H31ClN4O2/c1-6-7-10-25-18(21)16(15(2)22-25)8-9-17(26)23-11-13-24(14-12-23)19(27)20(3,4)5/h8-9H,6-7,10-14H2,1-5H3/b9-8+. The number of nitrogens with zero attached hydrogens (tertiary/aromatic N) is 4. The molecule has 2 amide bonds. The molecule has 2 rings (SSSR count). The summed E-state index contributed by atoms with van der Waals surface area (Å²) in [7, 11) is 0. The Morgan fingerprint density at radius 1 is 1.15 bits per heavy atom. The fraction of sp³-hybridized carbons (Fsp3) is 0.650. The molecule has 0 radical (unpaired) electrons. The monoisotopic (exact) mass is 394 g/mol. The number of carbonyl (C=O) groups is 2. The number of amides is 2. The Labute approximate surface area is 167 Å². The van der Waals surface area contributed by atoms with Gasteiger partial charge in [0.25, 0.3) is 0 Å². The van der Waals surface area contributed by atoms with E-state index in [-0.39, 0.29) is 11.8 Å². The van der Waals surface area contributed by atoms with Crippen LogP contribution in [0.5, 0.6) is 0 Å². The minimum absolute atomic E-state index is 0.0605. The summed E-state index contributed by atoms with van der Waals surface area (Å²) >= 11 is 6.41. The van der Waals surface area contributed by atoms with Gasteiger partial charge >= 0.3 is 0 Å². The second kappa shape index (κ2) is 8.91. The molecule has 7 heteroatoms. The molecule has 0 atom stereocenters. The van der Waals surface area contributed by atoms with Crippen LogP contribution >= 0.6 is 11.6 Å². The van der Waals surface area contributed by atoms with E-state index in [0.717, 1.165) is 30.6 Å². The highest BCUT2D eigenvalue weighted by Gasteiger charge is 2.30. The van der Waals surface area contributed by atoms with Gasteiger partial charge in [0.1, 0.15) is 5.15 Å². The SMILES string of the molecule is CCCCn1nc(C)c(/C=C/C(=O)N2CCN(C(=O)C(C)(C)C)CC2)c1Cl. The van der Waals surface area contributed by atoms with Crippen molar-refractivity contribution >= 4 is 29.5 Å². The Balaban J connectivity index is 1.97. The lowest BCUT2D eigenvalue weighted by Gasteiger charge is -2.37. The first-order chi connectivity index (χ1) is 12.6. The van der Waals surface area contributed by atoms with Crippen molar-refractivity contribution in [3.8, 4) is 0 Å². The fourth-order valence-electron chi connectivity index (χ4n) is 3.08. The molecule has 2 heterocycles. The van der Waals surface area contributed by atoms with Crippen LogP contribution in [0, 0.1) is 12.3 Å². The zero-order valence-electron chi connectivity index (χ0n) is 17.1. The molecule has 27 heavy (non-hydrogen) atoms. The molecule has 1 fully saturated rings. The molecule has 1 aromatic rings. The second-order valence-corrected chi connectivity index (χ2v) is 8.43. The lowest BCUT2D eigenvalue weighted by atomic mass is 9.94. The lowest BCUT2D eigenvalue weighted by molar-refractivity contribution is -0.143. The van der Waals surface area contributed by atoms with E-state index in [1.807, 2.05) is 32.6 Å². The van der Waals surface area contributed by atoms with Crippen LogP contribution in [0.25, 0.3) is 6.08 Å².